The van der Waals surface area contributed by atoms with E-state index in [0.717, 1.165) is 43.2 Å². The molecular weight excluding hydrogens is 242 g/mol. The van der Waals surface area contributed by atoms with Gasteiger partial charge in [-0.2, -0.15) is 0 Å². The molecule has 1 aliphatic rings. The highest BCUT2D eigenvalue weighted by molar-refractivity contribution is 5.61. The fraction of sp³-hybridized carbons (Fsp3) is 0.600. The average molecular weight is 265 g/mol. The molecule has 0 aliphatic carbocycles. The van der Waals surface area contributed by atoms with Crippen LogP contribution in [0.15, 0.2) is 18.2 Å². The number of hydrogen-bond donors (Lipinski definition) is 1. The van der Waals surface area contributed by atoms with Gasteiger partial charge in [-0.25, -0.2) is 0 Å². The van der Waals surface area contributed by atoms with Gasteiger partial charge in [0.2, 0.25) is 0 Å². The van der Waals surface area contributed by atoms with Crippen LogP contribution in [0.3, 0.4) is 0 Å². The Morgan fingerprint density at radius 1 is 1.53 bits per heavy atom. The molecule has 0 aromatic heterocycles. The van der Waals surface area contributed by atoms with Crippen molar-refractivity contribution in [1.29, 1.82) is 0 Å². The minimum absolute atomic E-state index is 0.360. The molecule has 106 valence electrons. The van der Waals surface area contributed by atoms with E-state index in [9.17, 15) is 5.11 Å². The second-order valence-electron chi connectivity index (χ2n) is 4.90. The van der Waals surface area contributed by atoms with Crippen LogP contribution in [-0.2, 0) is 4.74 Å². The summed E-state index contributed by atoms with van der Waals surface area (Å²) in [5, 5.41) is 10.1. The van der Waals surface area contributed by atoms with E-state index in [4.69, 9.17) is 9.47 Å². The van der Waals surface area contributed by atoms with Crippen molar-refractivity contribution >= 4 is 5.69 Å². The van der Waals surface area contributed by atoms with Gasteiger partial charge in [0.15, 0.2) is 0 Å². The molecule has 4 nitrogen and oxygen atoms in total. The van der Waals surface area contributed by atoms with E-state index in [1.165, 1.54) is 0 Å². The highest BCUT2D eigenvalue weighted by Gasteiger charge is 2.26. The quantitative estimate of drug-likeness (QED) is 0.907. The zero-order chi connectivity index (χ0) is 13.8. The number of nitrogens with zero attached hydrogens (tertiary/aromatic N) is 1. The lowest BCUT2D eigenvalue weighted by Crippen LogP contribution is -2.45. The van der Waals surface area contributed by atoms with Crippen molar-refractivity contribution in [3.05, 3.63) is 23.8 Å². The van der Waals surface area contributed by atoms with Crippen LogP contribution >= 0.6 is 0 Å². The predicted octanol–water partition coefficient (Wildman–Crippen LogP) is 2.36. The van der Waals surface area contributed by atoms with Crippen LogP contribution < -0.4 is 9.64 Å². The van der Waals surface area contributed by atoms with E-state index in [0.29, 0.717) is 6.04 Å². The van der Waals surface area contributed by atoms with E-state index in [1.54, 1.807) is 14.0 Å². The molecule has 1 aromatic carbocycles. The predicted molar refractivity (Wildman–Crippen MR) is 75.9 cm³/mol. The lowest BCUT2D eigenvalue weighted by Gasteiger charge is -2.38. The zero-order valence-corrected chi connectivity index (χ0v) is 11.9. The molecule has 2 atom stereocenters. The van der Waals surface area contributed by atoms with Crippen LogP contribution in [0.1, 0.15) is 31.9 Å². The van der Waals surface area contributed by atoms with E-state index in [-0.39, 0.29) is 0 Å². The SMILES string of the molecule is CCC1COCCN1c1cccc(OC)c1C(C)O. The lowest BCUT2D eigenvalue weighted by molar-refractivity contribution is 0.0924. The molecule has 1 aliphatic heterocycles. The number of benzene rings is 1. The molecule has 2 rings (SSSR count). The summed E-state index contributed by atoms with van der Waals surface area (Å²) in [7, 11) is 1.64. The van der Waals surface area contributed by atoms with Crippen molar-refractivity contribution in [2.45, 2.75) is 32.4 Å². The fourth-order valence-electron chi connectivity index (χ4n) is 2.69. The van der Waals surface area contributed by atoms with Gasteiger partial charge >= 0.3 is 0 Å². The van der Waals surface area contributed by atoms with Crippen LogP contribution in [0.25, 0.3) is 0 Å². The van der Waals surface area contributed by atoms with Gasteiger partial charge in [0.25, 0.3) is 0 Å². The highest BCUT2D eigenvalue weighted by Crippen LogP contribution is 2.36. The second kappa shape index (κ2) is 6.26. The summed E-state index contributed by atoms with van der Waals surface area (Å²) in [5.74, 6) is 0.744. The lowest BCUT2D eigenvalue weighted by atomic mass is 10.0. The number of ether oxygens (including phenoxy) is 2. The summed E-state index contributed by atoms with van der Waals surface area (Å²) in [4.78, 5) is 2.33. The Morgan fingerprint density at radius 3 is 2.95 bits per heavy atom. The van der Waals surface area contributed by atoms with Gasteiger partial charge < -0.3 is 19.5 Å². The van der Waals surface area contributed by atoms with Crippen molar-refractivity contribution < 1.29 is 14.6 Å². The standard InChI is InChI=1S/C15H23NO3/c1-4-12-10-19-9-8-16(12)13-6-5-7-14(18-3)15(13)11(2)17/h5-7,11-12,17H,4,8-10H2,1-3H3. The number of rotatable bonds is 4. The summed E-state index contributed by atoms with van der Waals surface area (Å²) >= 11 is 0. The summed E-state index contributed by atoms with van der Waals surface area (Å²) < 4.78 is 10.9. The topological polar surface area (TPSA) is 41.9 Å². The monoisotopic (exact) mass is 265 g/mol. The van der Waals surface area contributed by atoms with Crippen molar-refractivity contribution in [2.24, 2.45) is 0 Å². The van der Waals surface area contributed by atoms with Gasteiger partial charge in [-0.05, 0) is 25.5 Å². The average Bonchev–Trinajstić information content (AvgIpc) is 2.46. The first kappa shape index (κ1) is 14.2. The molecule has 1 N–H and O–H groups in total. The Hall–Kier alpha value is -1.26. The minimum Gasteiger partial charge on any atom is -0.496 e. The molecule has 0 saturated carbocycles. The Labute approximate surface area is 114 Å². The van der Waals surface area contributed by atoms with Crippen molar-refractivity contribution in [3.8, 4) is 5.75 Å². The number of morpholine rings is 1. The number of methoxy groups -OCH3 is 1. The normalized spacial score (nSPS) is 21.3. The first-order chi connectivity index (χ1) is 9.19. The molecule has 0 bridgehead atoms. The van der Waals surface area contributed by atoms with E-state index in [1.807, 2.05) is 12.1 Å². The van der Waals surface area contributed by atoms with Gasteiger partial charge in [-0.15, -0.1) is 0 Å². The summed E-state index contributed by atoms with van der Waals surface area (Å²) in [5.41, 5.74) is 1.93. The van der Waals surface area contributed by atoms with E-state index < -0.39 is 6.10 Å². The molecule has 1 aromatic rings. The molecular formula is C15H23NO3. The molecule has 0 radical (unpaired) electrons. The molecule has 0 spiro atoms. The van der Waals surface area contributed by atoms with Gasteiger partial charge in [0.05, 0.1) is 32.5 Å². The molecule has 19 heavy (non-hydrogen) atoms. The summed E-state index contributed by atoms with van der Waals surface area (Å²) in [6, 6.07) is 6.28. The minimum atomic E-state index is -0.550. The molecule has 2 unspecified atom stereocenters. The van der Waals surface area contributed by atoms with Gasteiger partial charge in [-0.1, -0.05) is 13.0 Å². The number of hydrogen-bond acceptors (Lipinski definition) is 4. The van der Waals surface area contributed by atoms with Crippen molar-refractivity contribution in [3.63, 3.8) is 0 Å². The Balaban J connectivity index is 2.42. The van der Waals surface area contributed by atoms with Gasteiger partial charge in [-0.3, -0.25) is 0 Å². The molecule has 0 amide bonds. The number of aliphatic hydroxyl groups excluding tert-OH is 1. The molecule has 1 heterocycles. The summed E-state index contributed by atoms with van der Waals surface area (Å²) in [6.45, 7) is 6.27. The largest absolute Gasteiger partial charge is 0.496 e. The van der Waals surface area contributed by atoms with Crippen molar-refractivity contribution in [1.82, 2.24) is 0 Å². The maximum absolute atomic E-state index is 10.1. The highest BCUT2D eigenvalue weighted by atomic mass is 16.5. The summed E-state index contributed by atoms with van der Waals surface area (Å²) in [6.07, 6.45) is 0.475. The molecule has 1 fully saturated rings. The second-order valence-corrected chi connectivity index (χ2v) is 4.90. The van der Waals surface area contributed by atoms with Crippen LogP contribution in [-0.4, -0.2) is 38.0 Å². The third-order valence-corrected chi connectivity index (χ3v) is 3.69. The van der Waals surface area contributed by atoms with Gasteiger partial charge in [0.1, 0.15) is 5.75 Å². The third-order valence-electron chi connectivity index (χ3n) is 3.69. The third kappa shape index (κ3) is 2.85. The fourth-order valence-corrected chi connectivity index (χ4v) is 2.69. The first-order valence-electron chi connectivity index (χ1n) is 6.88. The van der Waals surface area contributed by atoms with Gasteiger partial charge in [0, 0.05) is 17.8 Å². The van der Waals surface area contributed by atoms with Crippen LogP contribution in [0.5, 0.6) is 5.75 Å². The Kier molecular flexibility index (Phi) is 4.66. The van der Waals surface area contributed by atoms with Crippen LogP contribution in [0.4, 0.5) is 5.69 Å². The van der Waals surface area contributed by atoms with Crippen LogP contribution in [0.2, 0.25) is 0 Å². The molecule has 4 heteroatoms. The zero-order valence-electron chi connectivity index (χ0n) is 11.9. The Morgan fingerprint density at radius 2 is 2.32 bits per heavy atom. The molecule has 1 saturated heterocycles. The Bertz CT molecular complexity index is 420. The first-order valence-corrected chi connectivity index (χ1v) is 6.88. The van der Waals surface area contributed by atoms with Crippen molar-refractivity contribution in [2.75, 3.05) is 31.8 Å². The number of anilines is 1. The van der Waals surface area contributed by atoms with Crippen LogP contribution in [0, 0.1) is 0 Å². The van der Waals surface area contributed by atoms with E-state index in [2.05, 4.69) is 17.9 Å². The maximum atomic E-state index is 10.1. The van der Waals surface area contributed by atoms with E-state index >= 15 is 0 Å². The maximum Gasteiger partial charge on any atom is 0.126 e. The number of aliphatic hydroxyl groups is 1. The smallest absolute Gasteiger partial charge is 0.126 e.